The molecule has 0 bridgehead atoms. The molecule has 3 aliphatic rings. The molecule has 2 aromatic carbocycles. The van der Waals surface area contributed by atoms with Gasteiger partial charge in [-0.25, -0.2) is 4.79 Å². The Bertz CT molecular complexity index is 1100. The molecule has 0 saturated heterocycles. The van der Waals surface area contributed by atoms with Crippen molar-refractivity contribution in [2.45, 2.75) is 51.0 Å². The Labute approximate surface area is 205 Å². The molecule has 4 atom stereocenters. The smallest absolute Gasteiger partial charge is 0.407 e. The fourth-order valence-corrected chi connectivity index (χ4v) is 5.76. The number of alkyl carbamates (subject to hydrolysis) is 1. The summed E-state index contributed by atoms with van der Waals surface area (Å²) in [6.07, 6.45) is 3.25. The van der Waals surface area contributed by atoms with Gasteiger partial charge in [-0.3, -0.25) is 9.59 Å². The second-order valence-electron chi connectivity index (χ2n) is 10.3. The number of amides is 2. The van der Waals surface area contributed by atoms with Crippen LogP contribution in [-0.2, 0) is 14.3 Å². The lowest BCUT2D eigenvalue weighted by atomic mass is 9.71. The standard InChI is InChI=1S/C28H32N2O5/c1-28(26(32)33)13-7-6-12-24(28)30-25(31)22-14-17(22)15-29-27(34)35-16-23-20-10-4-2-8-18(20)19-9-3-5-11-21(19)23/h2-5,8-11,17,22-24H,6-7,12-16H2,1H3,(H,29,34)(H,30,31)(H,32,33)/t17-,22-,24?,28?/m0/s1. The topological polar surface area (TPSA) is 105 Å². The third-order valence-electron chi connectivity index (χ3n) is 8.12. The van der Waals surface area contributed by atoms with Crippen LogP contribution in [0.15, 0.2) is 48.5 Å². The number of ether oxygens (including phenoxy) is 1. The Balaban J connectivity index is 1.10. The van der Waals surface area contributed by atoms with Crippen LogP contribution in [0.4, 0.5) is 4.79 Å². The molecule has 0 radical (unpaired) electrons. The van der Waals surface area contributed by atoms with E-state index in [2.05, 4.69) is 34.9 Å². The second kappa shape index (κ2) is 9.36. The molecular formula is C28H32N2O5. The second-order valence-corrected chi connectivity index (χ2v) is 10.3. The van der Waals surface area contributed by atoms with E-state index in [-0.39, 0.29) is 36.3 Å². The van der Waals surface area contributed by atoms with Gasteiger partial charge in [0, 0.05) is 24.4 Å². The zero-order valence-electron chi connectivity index (χ0n) is 20.0. The summed E-state index contributed by atoms with van der Waals surface area (Å²) in [5.74, 6) is -1.10. The maximum atomic E-state index is 12.7. The fourth-order valence-electron chi connectivity index (χ4n) is 5.76. The quantitative estimate of drug-likeness (QED) is 0.552. The zero-order chi connectivity index (χ0) is 24.6. The molecule has 2 amide bonds. The highest BCUT2D eigenvalue weighted by molar-refractivity contribution is 5.84. The van der Waals surface area contributed by atoms with Gasteiger partial charge in [0.2, 0.25) is 5.91 Å². The average molecular weight is 477 g/mol. The van der Waals surface area contributed by atoms with Gasteiger partial charge in [-0.15, -0.1) is 0 Å². The first-order chi connectivity index (χ1) is 16.9. The van der Waals surface area contributed by atoms with Crippen LogP contribution < -0.4 is 10.6 Å². The van der Waals surface area contributed by atoms with Crippen LogP contribution >= 0.6 is 0 Å². The van der Waals surface area contributed by atoms with Crippen molar-refractivity contribution in [2.24, 2.45) is 17.3 Å². The number of carbonyl (C=O) groups is 3. The maximum absolute atomic E-state index is 12.7. The number of carboxylic acid groups (broad SMARTS) is 1. The van der Waals surface area contributed by atoms with Crippen LogP contribution in [0.25, 0.3) is 11.1 Å². The van der Waals surface area contributed by atoms with E-state index >= 15 is 0 Å². The molecule has 3 N–H and O–H groups in total. The molecule has 3 aliphatic carbocycles. The van der Waals surface area contributed by atoms with Crippen molar-refractivity contribution in [2.75, 3.05) is 13.2 Å². The summed E-state index contributed by atoms with van der Waals surface area (Å²) in [6.45, 7) is 2.35. The van der Waals surface area contributed by atoms with Gasteiger partial charge in [0.1, 0.15) is 6.61 Å². The minimum Gasteiger partial charge on any atom is -0.481 e. The van der Waals surface area contributed by atoms with Crippen LogP contribution in [0, 0.1) is 17.3 Å². The Morgan fingerprint density at radius 1 is 1.03 bits per heavy atom. The van der Waals surface area contributed by atoms with Crippen molar-refractivity contribution in [3.63, 3.8) is 0 Å². The van der Waals surface area contributed by atoms with Gasteiger partial charge in [-0.1, -0.05) is 61.4 Å². The third kappa shape index (κ3) is 4.51. The van der Waals surface area contributed by atoms with Crippen molar-refractivity contribution in [1.82, 2.24) is 10.6 Å². The lowest BCUT2D eigenvalue weighted by Crippen LogP contribution is -2.52. The highest BCUT2D eigenvalue weighted by Crippen LogP contribution is 2.44. The molecule has 2 fully saturated rings. The molecular weight excluding hydrogens is 444 g/mol. The average Bonchev–Trinajstić information content (AvgIpc) is 3.58. The molecule has 0 aliphatic heterocycles. The molecule has 35 heavy (non-hydrogen) atoms. The number of nitrogens with one attached hydrogen (secondary N) is 2. The van der Waals surface area contributed by atoms with E-state index in [1.54, 1.807) is 6.92 Å². The summed E-state index contributed by atoms with van der Waals surface area (Å²) in [4.78, 5) is 36.9. The van der Waals surface area contributed by atoms with E-state index in [0.717, 1.165) is 24.0 Å². The van der Waals surface area contributed by atoms with Crippen molar-refractivity contribution >= 4 is 18.0 Å². The molecule has 184 valence electrons. The third-order valence-corrected chi connectivity index (χ3v) is 8.12. The summed E-state index contributed by atoms with van der Waals surface area (Å²) in [6, 6.07) is 16.0. The first-order valence-electron chi connectivity index (χ1n) is 12.5. The predicted octanol–water partition coefficient (Wildman–Crippen LogP) is 4.31. The summed E-state index contributed by atoms with van der Waals surface area (Å²) in [5, 5.41) is 15.4. The van der Waals surface area contributed by atoms with Gasteiger partial charge >= 0.3 is 12.1 Å². The molecule has 2 unspecified atom stereocenters. The summed E-state index contributed by atoms with van der Waals surface area (Å²) >= 11 is 0. The number of fused-ring (bicyclic) bond motifs is 3. The molecule has 7 nitrogen and oxygen atoms in total. The number of hydrogen-bond acceptors (Lipinski definition) is 4. The number of hydrogen-bond donors (Lipinski definition) is 3. The van der Waals surface area contributed by atoms with Gasteiger partial charge in [-0.2, -0.15) is 0 Å². The van der Waals surface area contributed by atoms with Gasteiger partial charge in [0.15, 0.2) is 0 Å². The molecule has 2 aromatic rings. The van der Waals surface area contributed by atoms with Crippen molar-refractivity contribution in [3.05, 3.63) is 59.7 Å². The largest absolute Gasteiger partial charge is 0.481 e. The Hall–Kier alpha value is -3.35. The van der Waals surface area contributed by atoms with Crippen molar-refractivity contribution in [1.29, 1.82) is 0 Å². The van der Waals surface area contributed by atoms with Crippen LogP contribution in [0.5, 0.6) is 0 Å². The number of rotatable bonds is 7. The summed E-state index contributed by atoms with van der Waals surface area (Å²) in [7, 11) is 0. The minimum atomic E-state index is -0.919. The van der Waals surface area contributed by atoms with E-state index in [4.69, 9.17) is 4.74 Å². The number of benzene rings is 2. The van der Waals surface area contributed by atoms with Gasteiger partial charge in [0.25, 0.3) is 0 Å². The molecule has 2 saturated carbocycles. The van der Waals surface area contributed by atoms with Gasteiger partial charge < -0.3 is 20.5 Å². The predicted molar refractivity (Wildman–Crippen MR) is 131 cm³/mol. The van der Waals surface area contributed by atoms with E-state index < -0.39 is 17.5 Å². The normalized spacial score (nSPS) is 26.8. The number of carbonyl (C=O) groups excluding carboxylic acids is 2. The van der Waals surface area contributed by atoms with Crippen molar-refractivity contribution < 1.29 is 24.2 Å². The van der Waals surface area contributed by atoms with Crippen LogP contribution in [0.2, 0.25) is 0 Å². The first kappa shape index (κ1) is 23.4. The van der Waals surface area contributed by atoms with Crippen LogP contribution in [-0.4, -0.2) is 42.3 Å². The van der Waals surface area contributed by atoms with Crippen LogP contribution in [0.3, 0.4) is 0 Å². The van der Waals surface area contributed by atoms with Gasteiger partial charge in [0.05, 0.1) is 5.41 Å². The molecule has 0 spiro atoms. The SMILES string of the molecule is CC1(C(=O)O)CCCCC1NC(=O)[C@H]1C[C@H]1CNC(=O)OCC1c2ccccc2-c2ccccc21. The highest BCUT2D eigenvalue weighted by Gasteiger charge is 2.48. The highest BCUT2D eigenvalue weighted by atomic mass is 16.5. The zero-order valence-corrected chi connectivity index (χ0v) is 20.0. The first-order valence-corrected chi connectivity index (χ1v) is 12.5. The number of carboxylic acids is 1. The minimum absolute atomic E-state index is 0.00615. The van der Waals surface area contributed by atoms with E-state index in [0.29, 0.717) is 25.8 Å². The molecule has 5 rings (SSSR count). The van der Waals surface area contributed by atoms with Crippen molar-refractivity contribution in [3.8, 4) is 11.1 Å². The lowest BCUT2D eigenvalue weighted by Gasteiger charge is -2.38. The van der Waals surface area contributed by atoms with E-state index in [1.165, 1.54) is 11.1 Å². The van der Waals surface area contributed by atoms with E-state index in [1.807, 2.05) is 24.3 Å². The van der Waals surface area contributed by atoms with Gasteiger partial charge in [-0.05, 0) is 54.4 Å². The maximum Gasteiger partial charge on any atom is 0.407 e. The molecule has 7 heteroatoms. The fraction of sp³-hybridized carbons (Fsp3) is 0.464. The Kier molecular flexibility index (Phi) is 6.26. The molecule has 0 heterocycles. The monoisotopic (exact) mass is 476 g/mol. The van der Waals surface area contributed by atoms with Crippen LogP contribution in [0.1, 0.15) is 56.1 Å². The molecule has 0 aromatic heterocycles. The summed E-state index contributed by atoms with van der Waals surface area (Å²) in [5.41, 5.74) is 3.77. The van der Waals surface area contributed by atoms with E-state index in [9.17, 15) is 19.5 Å². The summed E-state index contributed by atoms with van der Waals surface area (Å²) < 4.78 is 5.57. The Morgan fingerprint density at radius 2 is 1.69 bits per heavy atom. The number of aliphatic carboxylic acids is 1. The lowest BCUT2D eigenvalue weighted by molar-refractivity contribution is -0.152. The Morgan fingerprint density at radius 3 is 2.34 bits per heavy atom.